The number of nitrogen functional groups attached to an aromatic ring is 1. The van der Waals surface area contributed by atoms with Gasteiger partial charge in [-0.3, -0.25) is 9.78 Å². The molecule has 0 radical (unpaired) electrons. The second-order valence-corrected chi connectivity index (χ2v) is 9.81. The summed E-state index contributed by atoms with van der Waals surface area (Å²) in [7, 11) is 0. The van der Waals surface area contributed by atoms with Crippen LogP contribution in [0, 0.1) is 6.92 Å². The number of hydrogen-bond donors (Lipinski definition) is 2. The minimum absolute atomic E-state index is 0.125. The van der Waals surface area contributed by atoms with E-state index >= 15 is 0 Å². The molecule has 34 heavy (non-hydrogen) atoms. The van der Waals surface area contributed by atoms with Crippen LogP contribution in [0.3, 0.4) is 0 Å². The summed E-state index contributed by atoms with van der Waals surface area (Å²) < 4.78 is 12.5. The Morgan fingerprint density at radius 1 is 1.18 bits per heavy atom. The van der Waals surface area contributed by atoms with Gasteiger partial charge in [0, 0.05) is 35.1 Å². The highest BCUT2D eigenvalue weighted by atomic mass is 16.5. The van der Waals surface area contributed by atoms with Crippen LogP contribution in [0.15, 0.2) is 42.6 Å². The number of ether oxygens (including phenoxy) is 2. The van der Waals surface area contributed by atoms with Crippen molar-refractivity contribution in [2.24, 2.45) is 0 Å². The summed E-state index contributed by atoms with van der Waals surface area (Å²) in [6.45, 7) is 8.49. The average Bonchev–Trinajstić information content (AvgIpc) is 2.75. The molecule has 0 atom stereocenters. The lowest BCUT2D eigenvalue weighted by Gasteiger charge is -2.28. The van der Waals surface area contributed by atoms with Crippen molar-refractivity contribution in [3.63, 3.8) is 0 Å². The van der Waals surface area contributed by atoms with E-state index in [4.69, 9.17) is 20.2 Å². The number of nitrogens with two attached hydrogens (primary N) is 1. The van der Waals surface area contributed by atoms with Crippen molar-refractivity contribution in [2.45, 2.75) is 46.1 Å². The van der Waals surface area contributed by atoms with E-state index in [1.165, 1.54) is 0 Å². The summed E-state index contributed by atoms with van der Waals surface area (Å²) in [5.74, 6) is 0.455. The van der Waals surface area contributed by atoms with Crippen LogP contribution in [0.4, 0.5) is 5.69 Å². The summed E-state index contributed by atoms with van der Waals surface area (Å²) >= 11 is 0. The highest BCUT2D eigenvalue weighted by Crippen LogP contribution is 2.48. The van der Waals surface area contributed by atoms with Gasteiger partial charge in [-0.25, -0.2) is 0 Å². The van der Waals surface area contributed by atoms with Gasteiger partial charge in [-0.15, -0.1) is 0 Å². The molecule has 6 heteroatoms. The number of fused-ring (bicyclic) bond motifs is 1. The molecule has 1 aromatic heterocycles. The number of anilines is 1. The molecule has 174 valence electrons. The van der Waals surface area contributed by atoms with Gasteiger partial charge in [0.15, 0.2) is 0 Å². The van der Waals surface area contributed by atoms with E-state index in [1.54, 1.807) is 6.20 Å². The number of carbonyl (C=O) groups is 1. The molecule has 1 aliphatic heterocycles. The molecule has 0 aliphatic carbocycles. The van der Waals surface area contributed by atoms with E-state index in [0.717, 1.165) is 61.7 Å². The van der Waals surface area contributed by atoms with Gasteiger partial charge in [-0.1, -0.05) is 12.1 Å². The highest BCUT2D eigenvalue weighted by molar-refractivity contribution is 6.12. The average molecular weight is 457 g/mol. The van der Waals surface area contributed by atoms with Crippen LogP contribution < -0.4 is 15.2 Å². The van der Waals surface area contributed by atoms with Gasteiger partial charge in [0.05, 0.1) is 24.1 Å². The molecule has 4 aromatic rings. The summed E-state index contributed by atoms with van der Waals surface area (Å²) in [6.07, 6.45) is 2.47. The molecule has 0 saturated heterocycles. The minimum atomic E-state index is -0.898. The lowest BCUT2D eigenvalue weighted by molar-refractivity contribution is -0.136. The second kappa shape index (κ2) is 7.90. The van der Waals surface area contributed by atoms with Crippen molar-refractivity contribution in [1.82, 2.24) is 4.98 Å². The van der Waals surface area contributed by atoms with Crippen molar-refractivity contribution in [1.29, 1.82) is 0 Å². The number of aliphatic carboxylic acids is 1. The third-order valence-electron chi connectivity index (χ3n) is 6.20. The summed E-state index contributed by atoms with van der Waals surface area (Å²) in [6, 6.07) is 11.7. The zero-order chi connectivity index (χ0) is 24.2. The number of nitrogens with zero attached hydrogens (tertiary/aromatic N) is 1. The molecule has 0 saturated carbocycles. The first-order valence-electron chi connectivity index (χ1n) is 11.4. The molecule has 1 aliphatic rings. The summed E-state index contributed by atoms with van der Waals surface area (Å²) in [5, 5.41) is 12.5. The Morgan fingerprint density at radius 2 is 1.97 bits per heavy atom. The Bertz CT molecular complexity index is 1470. The van der Waals surface area contributed by atoms with Crippen LogP contribution in [-0.2, 0) is 17.6 Å². The zero-order valence-electron chi connectivity index (χ0n) is 19.9. The lowest BCUT2D eigenvalue weighted by atomic mass is 9.85. The first-order chi connectivity index (χ1) is 16.1. The van der Waals surface area contributed by atoms with E-state index in [9.17, 15) is 9.90 Å². The minimum Gasteiger partial charge on any atom is -0.492 e. The van der Waals surface area contributed by atoms with Crippen LogP contribution in [0.2, 0.25) is 0 Å². The largest absolute Gasteiger partial charge is 0.492 e. The Morgan fingerprint density at radius 3 is 2.71 bits per heavy atom. The van der Waals surface area contributed by atoms with Crippen molar-refractivity contribution in [3.8, 4) is 22.6 Å². The highest BCUT2D eigenvalue weighted by Gasteiger charge is 2.28. The Hall–Kier alpha value is -3.80. The molecule has 6 nitrogen and oxygen atoms in total. The number of benzene rings is 3. The first-order valence-corrected chi connectivity index (χ1v) is 11.4. The van der Waals surface area contributed by atoms with Crippen LogP contribution in [0.1, 0.15) is 37.5 Å². The SMILES string of the molecule is Cc1cc2c(N)cccc2c(-c2c(OC(C)(C)C)cc3c4c(ccnc24)CCO3)c1CC(=O)O. The number of aromatic nitrogens is 1. The molecular weight excluding hydrogens is 428 g/mol. The Labute approximate surface area is 198 Å². The van der Waals surface area contributed by atoms with E-state index in [0.29, 0.717) is 18.0 Å². The maximum atomic E-state index is 12.0. The van der Waals surface area contributed by atoms with Gasteiger partial charge in [-0.2, -0.15) is 0 Å². The molecule has 0 fully saturated rings. The number of carboxylic acids is 1. The zero-order valence-corrected chi connectivity index (χ0v) is 19.9. The number of carboxylic acid groups (broad SMARTS) is 1. The monoisotopic (exact) mass is 456 g/mol. The van der Waals surface area contributed by atoms with Crippen LogP contribution in [0.25, 0.3) is 32.8 Å². The third-order valence-corrected chi connectivity index (χ3v) is 6.20. The molecule has 3 aromatic carbocycles. The fourth-order valence-electron chi connectivity index (χ4n) is 4.88. The van der Waals surface area contributed by atoms with Crippen molar-refractivity contribution in [3.05, 3.63) is 59.3 Å². The topological polar surface area (TPSA) is 94.7 Å². The van der Waals surface area contributed by atoms with Gasteiger partial charge in [-0.05, 0) is 73.5 Å². The first kappa shape index (κ1) is 22.0. The third kappa shape index (κ3) is 3.69. The van der Waals surface area contributed by atoms with Gasteiger partial charge in [0.25, 0.3) is 0 Å². The quantitative estimate of drug-likeness (QED) is 0.383. The maximum absolute atomic E-state index is 12.0. The lowest BCUT2D eigenvalue weighted by Crippen LogP contribution is -2.24. The number of hydrogen-bond acceptors (Lipinski definition) is 5. The van der Waals surface area contributed by atoms with Gasteiger partial charge < -0.3 is 20.3 Å². The van der Waals surface area contributed by atoms with E-state index in [1.807, 2.05) is 64.1 Å². The van der Waals surface area contributed by atoms with Gasteiger partial charge >= 0.3 is 5.97 Å². The maximum Gasteiger partial charge on any atom is 0.307 e. The Balaban J connectivity index is 2.00. The predicted octanol–water partition coefficient (Wildman–Crippen LogP) is 5.68. The predicted molar refractivity (Wildman–Crippen MR) is 135 cm³/mol. The van der Waals surface area contributed by atoms with Crippen molar-refractivity contribution < 1.29 is 19.4 Å². The van der Waals surface area contributed by atoms with Gasteiger partial charge in [0.1, 0.15) is 17.1 Å². The molecular formula is C28H28N2O4. The van der Waals surface area contributed by atoms with Crippen molar-refractivity contribution in [2.75, 3.05) is 12.3 Å². The molecule has 5 rings (SSSR count). The standard InChI is InChI=1S/C28H28N2O4/c1-15-12-19-17(6-5-7-20(19)29)25(18(15)13-23(31)32)26-22(34-28(2,3)4)14-21-24-16(9-11-33-21)8-10-30-27(24)26/h5-8,10,12,14H,9,11,13,29H2,1-4H3,(H,31,32). The number of aryl methyl sites for hydroxylation is 1. The summed E-state index contributed by atoms with van der Waals surface area (Å²) in [4.78, 5) is 16.7. The summed E-state index contributed by atoms with van der Waals surface area (Å²) in [5.41, 5.74) is 11.6. The molecule has 0 unspecified atom stereocenters. The molecule has 0 amide bonds. The molecule has 2 heterocycles. The van der Waals surface area contributed by atoms with E-state index in [-0.39, 0.29) is 6.42 Å². The Kier molecular flexibility index (Phi) is 5.12. The van der Waals surface area contributed by atoms with Crippen LogP contribution in [0.5, 0.6) is 11.5 Å². The molecule has 3 N–H and O–H groups in total. The van der Waals surface area contributed by atoms with Crippen molar-refractivity contribution >= 4 is 33.3 Å². The number of rotatable bonds is 4. The van der Waals surface area contributed by atoms with Crippen LogP contribution in [-0.4, -0.2) is 28.3 Å². The van der Waals surface area contributed by atoms with E-state index < -0.39 is 11.6 Å². The molecule has 0 spiro atoms. The molecule has 0 bridgehead atoms. The smallest absolute Gasteiger partial charge is 0.307 e. The second-order valence-electron chi connectivity index (χ2n) is 9.81. The normalized spacial score (nSPS) is 13.2. The fourth-order valence-corrected chi connectivity index (χ4v) is 4.88. The number of pyridine rings is 1. The van der Waals surface area contributed by atoms with Crippen LogP contribution >= 0.6 is 0 Å². The van der Waals surface area contributed by atoms with Gasteiger partial charge in [0.2, 0.25) is 0 Å². The fraction of sp³-hybridized carbons (Fsp3) is 0.286. The van der Waals surface area contributed by atoms with E-state index in [2.05, 4.69) is 0 Å².